The molecule has 0 aromatic heterocycles. The fourth-order valence-corrected chi connectivity index (χ4v) is 1.90. The number of nitrogens with two attached hydrogens (primary N) is 1. The first-order valence-electron chi connectivity index (χ1n) is 4.30. The number of nitrogens with one attached hydrogen (secondary N) is 1. The maximum Gasteiger partial charge on any atom is 0.240 e. The van der Waals surface area contributed by atoms with Crippen molar-refractivity contribution in [2.75, 3.05) is 11.9 Å². The summed E-state index contributed by atoms with van der Waals surface area (Å²) >= 11 is 0. The minimum absolute atomic E-state index is 0.0524. The third-order valence-electron chi connectivity index (χ3n) is 1.78. The van der Waals surface area contributed by atoms with Gasteiger partial charge in [-0.3, -0.25) is 0 Å². The van der Waals surface area contributed by atoms with Crippen molar-refractivity contribution in [3.8, 4) is 6.07 Å². The minimum Gasteiger partial charge on any atom is -0.384 e. The fraction of sp³-hybridized carbons (Fsp3) is 0.222. The minimum atomic E-state index is -3.80. The highest BCUT2D eigenvalue weighted by molar-refractivity contribution is 7.89. The molecular weight excluding hydrogens is 214 g/mol. The highest BCUT2D eigenvalue weighted by atomic mass is 32.2. The first kappa shape index (κ1) is 11.5. The van der Waals surface area contributed by atoms with Crippen molar-refractivity contribution in [3.05, 3.63) is 23.8 Å². The van der Waals surface area contributed by atoms with Crippen molar-refractivity contribution in [2.24, 2.45) is 5.14 Å². The molecule has 0 atom stereocenters. The van der Waals surface area contributed by atoms with E-state index in [2.05, 4.69) is 5.32 Å². The molecule has 80 valence electrons. The Bertz CT molecular complexity index is 503. The van der Waals surface area contributed by atoms with Crippen molar-refractivity contribution >= 4 is 15.7 Å². The SMILES string of the molecule is CCNc1ccc(C#N)cc1S(N)(=O)=O. The molecular formula is C9H11N3O2S. The molecule has 0 aliphatic heterocycles. The topological polar surface area (TPSA) is 96.0 Å². The summed E-state index contributed by atoms with van der Waals surface area (Å²) in [7, 11) is -3.80. The van der Waals surface area contributed by atoms with Gasteiger partial charge in [0.2, 0.25) is 10.0 Å². The van der Waals surface area contributed by atoms with Crippen LogP contribution in [0.15, 0.2) is 23.1 Å². The van der Waals surface area contributed by atoms with Gasteiger partial charge < -0.3 is 5.32 Å². The molecule has 15 heavy (non-hydrogen) atoms. The smallest absolute Gasteiger partial charge is 0.240 e. The molecule has 0 saturated carbocycles. The van der Waals surface area contributed by atoms with Crippen molar-refractivity contribution in [1.29, 1.82) is 5.26 Å². The van der Waals surface area contributed by atoms with E-state index < -0.39 is 10.0 Å². The van der Waals surface area contributed by atoms with E-state index in [-0.39, 0.29) is 10.5 Å². The fourth-order valence-electron chi connectivity index (χ4n) is 1.16. The summed E-state index contributed by atoms with van der Waals surface area (Å²) in [6, 6.07) is 6.18. The Balaban J connectivity index is 3.37. The lowest BCUT2D eigenvalue weighted by Gasteiger charge is -2.08. The summed E-state index contributed by atoms with van der Waals surface area (Å²) in [4.78, 5) is -0.0524. The van der Waals surface area contributed by atoms with E-state index in [4.69, 9.17) is 10.4 Å². The van der Waals surface area contributed by atoms with Gasteiger partial charge in [-0.1, -0.05) is 0 Å². The van der Waals surface area contributed by atoms with Crippen LogP contribution in [0.4, 0.5) is 5.69 Å². The monoisotopic (exact) mass is 225 g/mol. The highest BCUT2D eigenvalue weighted by Crippen LogP contribution is 2.21. The first-order valence-corrected chi connectivity index (χ1v) is 5.84. The molecule has 5 nitrogen and oxygen atoms in total. The lowest BCUT2D eigenvalue weighted by molar-refractivity contribution is 0.598. The predicted octanol–water partition coefficient (Wildman–Crippen LogP) is 0.637. The third kappa shape index (κ3) is 2.68. The molecule has 0 unspecified atom stereocenters. The van der Waals surface area contributed by atoms with E-state index in [0.29, 0.717) is 12.2 Å². The molecule has 0 aliphatic carbocycles. The van der Waals surface area contributed by atoms with E-state index >= 15 is 0 Å². The summed E-state index contributed by atoms with van der Waals surface area (Å²) in [6.07, 6.45) is 0. The van der Waals surface area contributed by atoms with Crippen molar-refractivity contribution in [1.82, 2.24) is 0 Å². The summed E-state index contributed by atoms with van der Waals surface area (Å²) < 4.78 is 22.5. The van der Waals surface area contributed by atoms with Gasteiger partial charge in [-0.05, 0) is 25.1 Å². The summed E-state index contributed by atoms with van der Waals surface area (Å²) in [5.41, 5.74) is 0.680. The molecule has 0 fully saturated rings. The Morgan fingerprint density at radius 1 is 1.53 bits per heavy atom. The van der Waals surface area contributed by atoms with E-state index in [0.717, 1.165) is 0 Å². The van der Waals surface area contributed by atoms with Gasteiger partial charge in [0.1, 0.15) is 4.90 Å². The van der Waals surface area contributed by atoms with E-state index in [1.54, 1.807) is 0 Å². The summed E-state index contributed by atoms with van der Waals surface area (Å²) in [6.45, 7) is 2.42. The van der Waals surface area contributed by atoms with Crippen molar-refractivity contribution in [2.45, 2.75) is 11.8 Å². The van der Waals surface area contributed by atoms with Gasteiger partial charge in [-0.25, -0.2) is 13.6 Å². The van der Waals surface area contributed by atoms with Crippen LogP contribution in [0, 0.1) is 11.3 Å². The largest absolute Gasteiger partial charge is 0.384 e. The zero-order valence-electron chi connectivity index (χ0n) is 8.19. The van der Waals surface area contributed by atoms with Gasteiger partial charge in [-0.15, -0.1) is 0 Å². The molecule has 3 N–H and O–H groups in total. The molecule has 0 saturated heterocycles. The van der Waals surface area contributed by atoms with Crippen molar-refractivity contribution < 1.29 is 8.42 Å². The van der Waals surface area contributed by atoms with Crippen LogP contribution in [-0.4, -0.2) is 15.0 Å². The number of hydrogen-bond donors (Lipinski definition) is 2. The summed E-state index contributed by atoms with van der Waals surface area (Å²) in [5, 5.41) is 16.5. The van der Waals surface area contributed by atoms with Crippen LogP contribution < -0.4 is 10.5 Å². The van der Waals surface area contributed by atoms with Crippen LogP contribution in [-0.2, 0) is 10.0 Å². The summed E-state index contributed by atoms with van der Waals surface area (Å²) in [5.74, 6) is 0. The van der Waals surface area contributed by atoms with E-state index in [1.807, 2.05) is 13.0 Å². The Kier molecular flexibility index (Phi) is 3.29. The Morgan fingerprint density at radius 3 is 2.67 bits per heavy atom. The molecule has 1 aromatic rings. The second kappa shape index (κ2) is 4.29. The number of rotatable bonds is 3. The molecule has 0 aliphatic rings. The molecule has 6 heteroatoms. The van der Waals surface area contributed by atoms with Gasteiger partial charge >= 0.3 is 0 Å². The van der Waals surface area contributed by atoms with Crippen molar-refractivity contribution in [3.63, 3.8) is 0 Å². The van der Waals surface area contributed by atoms with Gasteiger partial charge in [-0.2, -0.15) is 5.26 Å². The van der Waals surface area contributed by atoms with Crippen LogP contribution in [0.1, 0.15) is 12.5 Å². The average molecular weight is 225 g/mol. The normalized spacial score (nSPS) is 10.7. The van der Waals surface area contributed by atoms with Gasteiger partial charge in [0, 0.05) is 6.54 Å². The van der Waals surface area contributed by atoms with Crippen LogP contribution in [0.2, 0.25) is 0 Å². The maximum absolute atomic E-state index is 11.2. The van der Waals surface area contributed by atoms with E-state index in [1.165, 1.54) is 18.2 Å². The number of anilines is 1. The Morgan fingerprint density at radius 2 is 2.20 bits per heavy atom. The molecule has 0 spiro atoms. The number of hydrogen-bond acceptors (Lipinski definition) is 4. The molecule has 0 heterocycles. The molecule has 1 rings (SSSR count). The van der Waals surface area contributed by atoms with Crippen LogP contribution in [0.25, 0.3) is 0 Å². The van der Waals surface area contributed by atoms with Crippen LogP contribution in [0.5, 0.6) is 0 Å². The van der Waals surface area contributed by atoms with Gasteiger partial charge in [0.05, 0.1) is 17.3 Å². The number of sulfonamides is 1. The zero-order valence-corrected chi connectivity index (χ0v) is 9.00. The zero-order chi connectivity index (χ0) is 11.5. The molecule has 0 amide bonds. The number of nitrogens with zero attached hydrogens (tertiary/aromatic N) is 1. The Hall–Kier alpha value is -1.58. The van der Waals surface area contributed by atoms with Crippen LogP contribution >= 0.6 is 0 Å². The highest BCUT2D eigenvalue weighted by Gasteiger charge is 2.14. The number of nitriles is 1. The second-order valence-electron chi connectivity index (χ2n) is 2.90. The standard InChI is InChI=1S/C9H11N3O2S/c1-2-12-8-4-3-7(6-10)5-9(8)15(11,13)14/h3-5,12H,2H2,1H3,(H2,11,13,14). The maximum atomic E-state index is 11.2. The molecule has 0 bridgehead atoms. The number of primary sulfonamides is 1. The second-order valence-corrected chi connectivity index (χ2v) is 4.43. The quantitative estimate of drug-likeness (QED) is 0.788. The third-order valence-corrected chi connectivity index (χ3v) is 2.74. The first-order chi connectivity index (χ1) is 6.99. The van der Waals surface area contributed by atoms with E-state index in [9.17, 15) is 8.42 Å². The predicted molar refractivity (Wildman–Crippen MR) is 56.7 cm³/mol. The molecule has 0 radical (unpaired) electrons. The number of benzene rings is 1. The average Bonchev–Trinajstić information content (AvgIpc) is 2.17. The molecule has 1 aromatic carbocycles. The van der Waals surface area contributed by atoms with Crippen LogP contribution in [0.3, 0.4) is 0 Å². The Labute approximate surface area is 88.6 Å². The van der Waals surface area contributed by atoms with Gasteiger partial charge in [0.15, 0.2) is 0 Å². The van der Waals surface area contributed by atoms with Gasteiger partial charge in [0.25, 0.3) is 0 Å². The lowest BCUT2D eigenvalue weighted by atomic mass is 10.2. The lowest BCUT2D eigenvalue weighted by Crippen LogP contribution is -2.15.